The van der Waals surface area contributed by atoms with E-state index in [1.165, 1.54) is 6.20 Å². The van der Waals surface area contributed by atoms with Gasteiger partial charge in [0.15, 0.2) is 0 Å². The Hall–Kier alpha value is -1.50. The summed E-state index contributed by atoms with van der Waals surface area (Å²) in [6.45, 7) is 0.476. The Morgan fingerprint density at radius 1 is 1.47 bits per heavy atom. The normalized spacial score (nSPS) is 9.87. The summed E-state index contributed by atoms with van der Waals surface area (Å²) >= 11 is 1.03. The third-order valence-corrected chi connectivity index (χ3v) is 2.35. The van der Waals surface area contributed by atoms with Crippen molar-refractivity contribution in [1.29, 1.82) is 0 Å². The number of unbranched alkanes of at least 4 members (excludes halogenated alkanes) is 1. The van der Waals surface area contributed by atoms with Gasteiger partial charge in [-0.15, -0.1) is 5.10 Å². The first-order valence-electron chi connectivity index (χ1n) is 4.47. The molecule has 2 N–H and O–H groups in total. The van der Waals surface area contributed by atoms with Gasteiger partial charge in [0.25, 0.3) is 5.91 Å². The SMILES string of the molecule is O=C(O)CCCCNC(=O)c1cnns1. The van der Waals surface area contributed by atoms with Crippen LogP contribution in [-0.4, -0.2) is 33.1 Å². The average Bonchev–Trinajstić information content (AvgIpc) is 2.69. The van der Waals surface area contributed by atoms with E-state index in [1.807, 2.05) is 0 Å². The molecule has 1 amide bonds. The van der Waals surface area contributed by atoms with Crippen LogP contribution < -0.4 is 5.32 Å². The van der Waals surface area contributed by atoms with Gasteiger partial charge >= 0.3 is 5.97 Å². The molecule has 1 aromatic rings. The third kappa shape index (κ3) is 4.50. The molecule has 15 heavy (non-hydrogen) atoms. The van der Waals surface area contributed by atoms with E-state index in [0.29, 0.717) is 24.3 Å². The van der Waals surface area contributed by atoms with E-state index in [4.69, 9.17) is 5.11 Å². The van der Waals surface area contributed by atoms with E-state index in [0.717, 1.165) is 11.5 Å². The van der Waals surface area contributed by atoms with Crippen molar-refractivity contribution in [2.45, 2.75) is 19.3 Å². The van der Waals surface area contributed by atoms with Crippen LogP contribution >= 0.6 is 11.5 Å². The molecule has 0 aromatic carbocycles. The highest BCUT2D eigenvalue weighted by Gasteiger charge is 2.06. The number of carbonyl (C=O) groups is 2. The zero-order valence-corrected chi connectivity index (χ0v) is 8.79. The molecule has 0 bridgehead atoms. The Morgan fingerprint density at radius 3 is 2.87 bits per heavy atom. The molecule has 0 aliphatic rings. The van der Waals surface area contributed by atoms with E-state index in [1.54, 1.807) is 0 Å². The molecule has 1 heterocycles. The lowest BCUT2D eigenvalue weighted by atomic mass is 10.2. The Labute approximate surface area is 90.5 Å². The van der Waals surface area contributed by atoms with E-state index in [2.05, 4.69) is 14.9 Å². The number of amides is 1. The summed E-state index contributed by atoms with van der Waals surface area (Å²) in [6.07, 6.45) is 2.76. The van der Waals surface area contributed by atoms with Gasteiger partial charge in [0.05, 0.1) is 6.20 Å². The summed E-state index contributed by atoms with van der Waals surface area (Å²) in [5.74, 6) is -1.02. The van der Waals surface area contributed by atoms with Crippen LogP contribution in [0.25, 0.3) is 0 Å². The molecule has 1 aromatic heterocycles. The highest BCUT2D eigenvalue weighted by molar-refractivity contribution is 7.07. The highest BCUT2D eigenvalue weighted by Crippen LogP contribution is 2.01. The fourth-order valence-corrected chi connectivity index (χ4v) is 1.39. The summed E-state index contributed by atoms with van der Waals surface area (Å²) in [6, 6.07) is 0. The van der Waals surface area contributed by atoms with Crippen molar-refractivity contribution in [3.63, 3.8) is 0 Å². The first-order valence-corrected chi connectivity index (χ1v) is 5.25. The number of carboxylic acids is 1. The van der Waals surface area contributed by atoms with Crippen LogP contribution in [0, 0.1) is 0 Å². The number of hydrogen-bond acceptors (Lipinski definition) is 5. The van der Waals surface area contributed by atoms with Crippen molar-refractivity contribution >= 4 is 23.4 Å². The van der Waals surface area contributed by atoms with Crippen LogP contribution in [0.1, 0.15) is 28.9 Å². The number of carbonyl (C=O) groups excluding carboxylic acids is 1. The van der Waals surface area contributed by atoms with Gasteiger partial charge in [0, 0.05) is 13.0 Å². The van der Waals surface area contributed by atoms with Crippen LogP contribution in [0.5, 0.6) is 0 Å². The predicted octanol–water partition coefficient (Wildman–Crippen LogP) is 0.523. The average molecular weight is 229 g/mol. The zero-order chi connectivity index (χ0) is 11.1. The number of hydrogen-bond donors (Lipinski definition) is 2. The second-order valence-corrected chi connectivity index (χ2v) is 3.67. The lowest BCUT2D eigenvalue weighted by molar-refractivity contribution is -0.137. The molecule has 1 rings (SSSR count). The molecule has 7 heteroatoms. The van der Waals surface area contributed by atoms with E-state index >= 15 is 0 Å². The molecule has 0 saturated carbocycles. The second kappa shape index (κ2) is 6.07. The maximum atomic E-state index is 11.3. The number of carboxylic acid groups (broad SMARTS) is 1. The summed E-state index contributed by atoms with van der Waals surface area (Å²) in [5.41, 5.74) is 0. The number of nitrogens with zero attached hydrogens (tertiary/aromatic N) is 2. The van der Waals surface area contributed by atoms with Crippen LogP contribution in [0.3, 0.4) is 0 Å². The molecule has 0 spiro atoms. The van der Waals surface area contributed by atoms with Crippen molar-refractivity contribution in [1.82, 2.24) is 14.9 Å². The van der Waals surface area contributed by atoms with Crippen molar-refractivity contribution in [2.24, 2.45) is 0 Å². The van der Waals surface area contributed by atoms with Crippen molar-refractivity contribution in [3.8, 4) is 0 Å². The molecule has 82 valence electrons. The standard InChI is InChI=1S/C8H11N3O3S/c12-7(13)3-1-2-4-9-8(14)6-5-10-11-15-6/h5H,1-4H2,(H,9,14)(H,12,13). The van der Waals surface area contributed by atoms with Crippen LogP contribution in [0.15, 0.2) is 6.20 Å². The van der Waals surface area contributed by atoms with Gasteiger partial charge in [-0.2, -0.15) is 0 Å². The van der Waals surface area contributed by atoms with Crippen molar-refractivity contribution < 1.29 is 14.7 Å². The van der Waals surface area contributed by atoms with Crippen molar-refractivity contribution in [3.05, 3.63) is 11.1 Å². The lowest BCUT2D eigenvalue weighted by Gasteiger charge is -2.01. The minimum absolute atomic E-state index is 0.137. The highest BCUT2D eigenvalue weighted by atomic mass is 32.1. The largest absolute Gasteiger partial charge is 0.481 e. The van der Waals surface area contributed by atoms with Crippen molar-refractivity contribution in [2.75, 3.05) is 6.54 Å². The fourth-order valence-electron chi connectivity index (χ4n) is 0.957. The monoisotopic (exact) mass is 229 g/mol. The Balaban J connectivity index is 2.10. The Bertz CT molecular complexity index is 326. The molecular weight excluding hydrogens is 218 g/mol. The van der Waals surface area contributed by atoms with Gasteiger partial charge in [0.2, 0.25) is 0 Å². The van der Waals surface area contributed by atoms with Gasteiger partial charge in [-0.25, -0.2) is 0 Å². The predicted molar refractivity (Wildman–Crippen MR) is 53.7 cm³/mol. The Kier molecular flexibility index (Phi) is 4.69. The number of rotatable bonds is 6. The lowest BCUT2D eigenvalue weighted by Crippen LogP contribution is -2.23. The van der Waals surface area contributed by atoms with E-state index in [9.17, 15) is 9.59 Å². The summed E-state index contributed by atoms with van der Waals surface area (Å²) in [4.78, 5) is 22.0. The second-order valence-electron chi connectivity index (χ2n) is 2.89. The maximum Gasteiger partial charge on any atom is 0.303 e. The van der Waals surface area contributed by atoms with Crippen LogP contribution in [0.2, 0.25) is 0 Å². The molecular formula is C8H11N3O3S. The number of aliphatic carboxylic acids is 1. The minimum atomic E-state index is -0.812. The third-order valence-electron chi connectivity index (χ3n) is 1.69. The van der Waals surface area contributed by atoms with Gasteiger partial charge < -0.3 is 10.4 Å². The van der Waals surface area contributed by atoms with Crippen LogP contribution in [-0.2, 0) is 4.79 Å². The maximum absolute atomic E-state index is 11.3. The molecule has 0 unspecified atom stereocenters. The quantitative estimate of drug-likeness (QED) is 0.694. The summed E-state index contributed by atoms with van der Waals surface area (Å²) in [5, 5.41) is 14.6. The Morgan fingerprint density at radius 2 is 2.27 bits per heavy atom. The molecule has 0 atom stereocenters. The molecule has 6 nitrogen and oxygen atoms in total. The zero-order valence-electron chi connectivity index (χ0n) is 7.97. The van der Waals surface area contributed by atoms with Crippen LogP contribution in [0.4, 0.5) is 0 Å². The van der Waals surface area contributed by atoms with E-state index < -0.39 is 5.97 Å². The summed E-state index contributed by atoms with van der Waals surface area (Å²) < 4.78 is 3.56. The van der Waals surface area contributed by atoms with Gasteiger partial charge in [0.1, 0.15) is 4.88 Å². The van der Waals surface area contributed by atoms with E-state index in [-0.39, 0.29) is 12.3 Å². The molecule has 0 radical (unpaired) electrons. The number of nitrogens with one attached hydrogen (secondary N) is 1. The molecule has 0 aliphatic carbocycles. The van der Waals surface area contributed by atoms with Gasteiger partial charge in [-0.3, -0.25) is 9.59 Å². The molecule has 0 aliphatic heterocycles. The summed E-state index contributed by atoms with van der Waals surface area (Å²) in [7, 11) is 0. The topological polar surface area (TPSA) is 92.2 Å². The molecule has 0 fully saturated rings. The first-order chi connectivity index (χ1) is 7.20. The fraction of sp³-hybridized carbons (Fsp3) is 0.500. The first kappa shape index (κ1) is 11.6. The smallest absolute Gasteiger partial charge is 0.303 e. The minimum Gasteiger partial charge on any atom is -0.481 e. The molecule has 0 saturated heterocycles. The van der Waals surface area contributed by atoms with Gasteiger partial charge in [-0.05, 0) is 24.4 Å². The van der Waals surface area contributed by atoms with Gasteiger partial charge in [-0.1, -0.05) is 4.49 Å². The number of aromatic nitrogens is 2.